The van der Waals surface area contributed by atoms with Crippen LogP contribution in [0.25, 0.3) is 10.9 Å². The highest BCUT2D eigenvalue weighted by Crippen LogP contribution is 2.12. The highest BCUT2D eigenvalue weighted by atomic mass is 35.5. The highest BCUT2D eigenvalue weighted by molar-refractivity contribution is 5.92. The molecule has 0 amide bonds. The van der Waals surface area contributed by atoms with Crippen molar-refractivity contribution < 1.29 is 9.90 Å². The standard InChI is InChI=1S/C10H7NO2.ClH/c12-10(13)8-5-7-3-1-2-4-9(7)11-6-8;/h1-6H,(H,12,13);1H. The minimum Gasteiger partial charge on any atom is -0.478 e. The van der Waals surface area contributed by atoms with E-state index in [1.165, 1.54) is 6.20 Å². The third-order valence-electron chi connectivity index (χ3n) is 1.84. The summed E-state index contributed by atoms with van der Waals surface area (Å²) in [4.78, 5) is 14.6. The number of hydrogen-bond donors (Lipinski definition) is 1. The second-order valence-corrected chi connectivity index (χ2v) is 2.72. The fraction of sp³-hybridized carbons (Fsp3) is 0. The zero-order chi connectivity index (χ0) is 9.26. The minimum atomic E-state index is -0.946. The average molecular weight is 210 g/mol. The molecule has 2 rings (SSSR count). The predicted molar refractivity (Wildman–Crippen MR) is 56.0 cm³/mol. The van der Waals surface area contributed by atoms with Crippen LogP contribution in [0.3, 0.4) is 0 Å². The van der Waals surface area contributed by atoms with Crippen LogP contribution in [0.4, 0.5) is 0 Å². The molecule has 0 aliphatic rings. The number of para-hydroxylation sites is 1. The molecule has 1 aromatic carbocycles. The largest absolute Gasteiger partial charge is 0.478 e. The van der Waals surface area contributed by atoms with Crippen molar-refractivity contribution in [2.45, 2.75) is 0 Å². The maximum atomic E-state index is 10.6. The van der Waals surface area contributed by atoms with Crippen LogP contribution >= 0.6 is 12.4 Å². The number of fused-ring (bicyclic) bond motifs is 1. The van der Waals surface area contributed by atoms with Gasteiger partial charge in [-0.1, -0.05) is 18.2 Å². The zero-order valence-corrected chi connectivity index (χ0v) is 7.99. The summed E-state index contributed by atoms with van der Waals surface area (Å²) in [6, 6.07) is 9.03. The summed E-state index contributed by atoms with van der Waals surface area (Å²) in [5.41, 5.74) is 1.03. The SMILES string of the molecule is Cl.O=C(O)c1cnc2ccccc2c1. The van der Waals surface area contributed by atoms with Gasteiger partial charge in [0.25, 0.3) is 0 Å². The van der Waals surface area contributed by atoms with Crippen molar-refractivity contribution >= 4 is 29.3 Å². The number of carboxylic acids is 1. The number of hydrogen-bond acceptors (Lipinski definition) is 2. The van der Waals surface area contributed by atoms with E-state index in [-0.39, 0.29) is 18.0 Å². The molecule has 4 heteroatoms. The fourth-order valence-corrected chi connectivity index (χ4v) is 1.19. The van der Waals surface area contributed by atoms with Gasteiger partial charge in [0.2, 0.25) is 0 Å². The van der Waals surface area contributed by atoms with Gasteiger partial charge >= 0.3 is 5.97 Å². The molecule has 14 heavy (non-hydrogen) atoms. The molecular weight excluding hydrogens is 202 g/mol. The van der Waals surface area contributed by atoms with Gasteiger partial charge in [-0.15, -0.1) is 12.4 Å². The molecule has 0 unspecified atom stereocenters. The molecule has 0 radical (unpaired) electrons. The quantitative estimate of drug-likeness (QED) is 0.785. The Morgan fingerprint density at radius 3 is 2.71 bits per heavy atom. The van der Waals surface area contributed by atoms with Crippen molar-refractivity contribution in [1.29, 1.82) is 0 Å². The summed E-state index contributed by atoms with van der Waals surface area (Å²) in [6.07, 6.45) is 1.37. The van der Waals surface area contributed by atoms with E-state index in [2.05, 4.69) is 4.98 Å². The smallest absolute Gasteiger partial charge is 0.337 e. The summed E-state index contributed by atoms with van der Waals surface area (Å²) in [5.74, 6) is -0.946. The van der Waals surface area contributed by atoms with Gasteiger partial charge < -0.3 is 5.11 Å². The molecule has 1 N–H and O–H groups in total. The summed E-state index contributed by atoms with van der Waals surface area (Å²) >= 11 is 0. The van der Waals surface area contributed by atoms with Crippen LogP contribution < -0.4 is 0 Å². The Labute approximate surface area is 86.8 Å². The van der Waals surface area contributed by atoms with Gasteiger partial charge in [0.15, 0.2) is 0 Å². The fourth-order valence-electron chi connectivity index (χ4n) is 1.19. The average Bonchev–Trinajstić information content (AvgIpc) is 2.17. The zero-order valence-electron chi connectivity index (χ0n) is 7.18. The van der Waals surface area contributed by atoms with E-state index in [1.54, 1.807) is 6.07 Å². The molecule has 0 spiro atoms. The van der Waals surface area contributed by atoms with Gasteiger partial charge in [0.1, 0.15) is 0 Å². The van der Waals surface area contributed by atoms with E-state index in [0.29, 0.717) is 0 Å². The number of benzene rings is 1. The van der Waals surface area contributed by atoms with E-state index in [0.717, 1.165) is 10.9 Å². The molecule has 1 aromatic heterocycles. The lowest BCUT2D eigenvalue weighted by Gasteiger charge is -1.97. The first-order valence-electron chi connectivity index (χ1n) is 3.85. The van der Waals surface area contributed by atoms with E-state index >= 15 is 0 Å². The van der Waals surface area contributed by atoms with Gasteiger partial charge in [-0.25, -0.2) is 4.79 Å². The second kappa shape index (κ2) is 4.07. The first-order valence-corrected chi connectivity index (χ1v) is 3.85. The van der Waals surface area contributed by atoms with Gasteiger partial charge in [0.05, 0.1) is 11.1 Å². The number of aromatic nitrogens is 1. The van der Waals surface area contributed by atoms with Crippen molar-refractivity contribution in [1.82, 2.24) is 4.98 Å². The van der Waals surface area contributed by atoms with Crippen molar-refractivity contribution in [2.75, 3.05) is 0 Å². The van der Waals surface area contributed by atoms with Gasteiger partial charge in [-0.3, -0.25) is 4.98 Å². The minimum absolute atomic E-state index is 0. The number of halogens is 1. The Bertz CT molecular complexity index is 470. The molecule has 72 valence electrons. The van der Waals surface area contributed by atoms with E-state index in [9.17, 15) is 4.79 Å². The summed E-state index contributed by atoms with van der Waals surface area (Å²) in [6.45, 7) is 0. The normalized spacial score (nSPS) is 9.43. The number of carbonyl (C=O) groups is 1. The highest BCUT2D eigenvalue weighted by Gasteiger charge is 2.03. The van der Waals surface area contributed by atoms with Crippen LogP contribution in [-0.2, 0) is 0 Å². The van der Waals surface area contributed by atoms with Crippen LogP contribution in [0.15, 0.2) is 36.5 Å². The summed E-state index contributed by atoms with van der Waals surface area (Å²) in [7, 11) is 0. The van der Waals surface area contributed by atoms with Gasteiger partial charge in [-0.2, -0.15) is 0 Å². The van der Waals surface area contributed by atoms with Crippen LogP contribution in [0, 0.1) is 0 Å². The van der Waals surface area contributed by atoms with Crippen molar-refractivity contribution in [3.05, 3.63) is 42.1 Å². The summed E-state index contributed by atoms with van der Waals surface area (Å²) in [5, 5.41) is 9.55. The number of rotatable bonds is 1. The molecule has 3 nitrogen and oxygen atoms in total. The Kier molecular flexibility index (Phi) is 3.04. The molecule has 1 heterocycles. The Morgan fingerprint density at radius 2 is 2.00 bits per heavy atom. The summed E-state index contributed by atoms with van der Waals surface area (Å²) < 4.78 is 0. The Morgan fingerprint density at radius 1 is 1.29 bits per heavy atom. The second-order valence-electron chi connectivity index (χ2n) is 2.72. The molecular formula is C10H8ClNO2. The number of pyridine rings is 1. The number of nitrogens with zero attached hydrogens (tertiary/aromatic N) is 1. The van der Waals surface area contributed by atoms with Crippen LogP contribution in [-0.4, -0.2) is 16.1 Å². The van der Waals surface area contributed by atoms with Crippen molar-refractivity contribution in [3.8, 4) is 0 Å². The molecule has 0 atom stereocenters. The van der Waals surface area contributed by atoms with E-state index < -0.39 is 5.97 Å². The van der Waals surface area contributed by atoms with Crippen molar-refractivity contribution in [2.24, 2.45) is 0 Å². The van der Waals surface area contributed by atoms with Gasteiger partial charge in [0, 0.05) is 11.6 Å². The first-order chi connectivity index (χ1) is 6.27. The lowest BCUT2D eigenvalue weighted by molar-refractivity contribution is 0.0696. The first kappa shape index (κ1) is 10.5. The Balaban J connectivity index is 0.000000980. The molecule has 0 saturated carbocycles. The molecule has 0 aliphatic heterocycles. The molecule has 0 saturated heterocycles. The maximum Gasteiger partial charge on any atom is 0.337 e. The molecule has 0 bridgehead atoms. The molecule has 0 fully saturated rings. The molecule has 2 aromatic rings. The lowest BCUT2D eigenvalue weighted by atomic mass is 10.2. The number of carboxylic acid groups (broad SMARTS) is 1. The Hall–Kier alpha value is -1.61. The van der Waals surface area contributed by atoms with E-state index in [4.69, 9.17) is 5.11 Å². The van der Waals surface area contributed by atoms with Crippen molar-refractivity contribution in [3.63, 3.8) is 0 Å². The predicted octanol–water partition coefficient (Wildman–Crippen LogP) is 2.35. The number of aromatic carboxylic acids is 1. The van der Waals surface area contributed by atoms with Crippen LogP contribution in [0.1, 0.15) is 10.4 Å². The third-order valence-corrected chi connectivity index (χ3v) is 1.84. The molecule has 0 aliphatic carbocycles. The topological polar surface area (TPSA) is 50.2 Å². The van der Waals surface area contributed by atoms with Gasteiger partial charge in [-0.05, 0) is 12.1 Å². The third kappa shape index (κ3) is 1.83. The monoisotopic (exact) mass is 209 g/mol. The van der Waals surface area contributed by atoms with Crippen LogP contribution in [0.2, 0.25) is 0 Å². The van der Waals surface area contributed by atoms with Crippen LogP contribution in [0.5, 0.6) is 0 Å². The maximum absolute atomic E-state index is 10.6. The van der Waals surface area contributed by atoms with E-state index in [1.807, 2.05) is 24.3 Å². The lowest BCUT2D eigenvalue weighted by Crippen LogP contribution is -1.96.